The fraction of sp³-hybridized carbons (Fsp3) is 0.455. The van der Waals surface area contributed by atoms with E-state index in [1.165, 1.54) is 4.88 Å². The van der Waals surface area contributed by atoms with E-state index in [0.717, 1.165) is 16.3 Å². The second-order valence-corrected chi connectivity index (χ2v) is 4.94. The molecule has 2 rings (SSSR count). The van der Waals surface area contributed by atoms with Crippen LogP contribution in [0.3, 0.4) is 0 Å². The summed E-state index contributed by atoms with van der Waals surface area (Å²) in [5.74, 6) is 0. The molecule has 0 aliphatic carbocycles. The fourth-order valence-corrected chi connectivity index (χ4v) is 2.60. The first-order chi connectivity index (χ1) is 7.61. The third kappa shape index (κ3) is 2.01. The van der Waals surface area contributed by atoms with E-state index in [1.807, 2.05) is 38.1 Å². The van der Waals surface area contributed by atoms with Gasteiger partial charge in [0.15, 0.2) is 0 Å². The average molecular weight is 236 g/mol. The van der Waals surface area contributed by atoms with E-state index in [2.05, 4.69) is 22.3 Å². The largest absolute Gasteiger partial charge is 0.312 e. The molecule has 0 bridgehead atoms. The lowest BCUT2D eigenvalue weighted by Gasteiger charge is -2.04. The summed E-state index contributed by atoms with van der Waals surface area (Å²) >= 11 is 1.72. The van der Waals surface area contributed by atoms with Crippen LogP contribution in [0.4, 0.5) is 0 Å². The predicted octanol–water partition coefficient (Wildman–Crippen LogP) is 2.13. The summed E-state index contributed by atoms with van der Waals surface area (Å²) in [6.45, 7) is 4.14. The smallest absolute Gasteiger partial charge is 0.127 e. The molecule has 5 heteroatoms. The SMILES string of the molecule is CNC(C)c1cnc(-c2cn(C)nc2C)s1. The highest BCUT2D eigenvalue weighted by atomic mass is 32.1. The molecule has 0 spiro atoms. The third-order valence-corrected chi connectivity index (χ3v) is 3.84. The molecule has 1 unspecified atom stereocenters. The van der Waals surface area contributed by atoms with Gasteiger partial charge in [-0.15, -0.1) is 11.3 Å². The second kappa shape index (κ2) is 4.35. The first-order valence-corrected chi connectivity index (χ1v) is 6.07. The van der Waals surface area contributed by atoms with Gasteiger partial charge in [-0.25, -0.2) is 4.98 Å². The Hall–Kier alpha value is -1.20. The van der Waals surface area contributed by atoms with Gasteiger partial charge in [-0.1, -0.05) is 0 Å². The number of hydrogen-bond donors (Lipinski definition) is 1. The summed E-state index contributed by atoms with van der Waals surface area (Å²) in [5.41, 5.74) is 2.16. The zero-order valence-electron chi connectivity index (χ0n) is 9.98. The van der Waals surface area contributed by atoms with Gasteiger partial charge >= 0.3 is 0 Å². The zero-order chi connectivity index (χ0) is 11.7. The van der Waals surface area contributed by atoms with Crippen molar-refractivity contribution in [2.24, 2.45) is 7.05 Å². The van der Waals surface area contributed by atoms with Gasteiger partial charge in [0.2, 0.25) is 0 Å². The van der Waals surface area contributed by atoms with Crippen molar-refractivity contribution in [3.8, 4) is 10.6 Å². The standard InChI is InChI=1S/C11H16N4S/c1-7-9(6-15(4)14-7)11-13-5-10(16-11)8(2)12-3/h5-6,8,12H,1-4H3. The van der Waals surface area contributed by atoms with Crippen molar-refractivity contribution in [2.75, 3.05) is 7.05 Å². The molecule has 2 heterocycles. The molecule has 0 aromatic carbocycles. The number of aromatic nitrogens is 3. The molecule has 1 atom stereocenters. The molecule has 2 aromatic heterocycles. The van der Waals surface area contributed by atoms with E-state index >= 15 is 0 Å². The Kier molecular flexibility index (Phi) is 3.07. The highest BCUT2D eigenvalue weighted by molar-refractivity contribution is 7.15. The van der Waals surface area contributed by atoms with Crippen LogP contribution >= 0.6 is 11.3 Å². The number of hydrogen-bond acceptors (Lipinski definition) is 4. The van der Waals surface area contributed by atoms with Crippen molar-refractivity contribution in [1.29, 1.82) is 0 Å². The molecule has 16 heavy (non-hydrogen) atoms. The Labute approximate surface area is 99.3 Å². The van der Waals surface area contributed by atoms with Gasteiger partial charge in [0.05, 0.1) is 11.3 Å². The second-order valence-electron chi connectivity index (χ2n) is 3.88. The van der Waals surface area contributed by atoms with E-state index < -0.39 is 0 Å². The minimum absolute atomic E-state index is 0.350. The lowest BCUT2D eigenvalue weighted by Crippen LogP contribution is -2.10. The highest BCUT2D eigenvalue weighted by Gasteiger charge is 2.12. The van der Waals surface area contributed by atoms with Crippen LogP contribution in [0.15, 0.2) is 12.4 Å². The minimum Gasteiger partial charge on any atom is -0.312 e. The average Bonchev–Trinajstić information content (AvgIpc) is 2.83. The van der Waals surface area contributed by atoms with Crippen LogP contribution in [0, 0.1) is 6.92 Å². The summed E-state index contributed by atoms with van der Waals surface area (Å²) in [6.07, 6.45) is 3.95. The summed E-state index contributed by atoms with van der Waals surface area (Å²) in [4.78, 5) is 5.71. The number of thiazole rings is 1. The molecule has 0 saturated heterocycles. The maximum absolute atomic E-state index is 4.45. The molecule has 0 aliphatic heterocycles. The Balaban J connectivity index is 2.35. The lowest BCUT2D eigenvalue weighted by molar-refractivity contribution is 0.662. The van der Waals surface area contributed by atoms with Gasteiger partial charge in [-0.2, -0.15) is 5.10 Å². The van der Waals surface area contributed by atoms with Crippen molar-refractivity contribution in [1.82, 2.24) is 20.1 Å². The van der Waals surface area contributed by atoms with Gasteiger partial charge in [-0.05, 0) is 20.9 Å². The van der Waals surface area contributed by atoms with E-state index in [1.54, 1.807) is 11.3 Å². The third-order valence-electron chi connectivity index (χ3n) is 2.63. The Morgan fingerprint density at radius 2 is 2.25 bits per heavy atom. The Morgan fingerprint density at radius 3 is 2.81 bits per heavy atom. The van der Waals surface area contributed by atoms with Crippen LogP contribution in [-0.2, 0) is 7.05 Å². The number of nitrogens with zero attached hydrogens (tertiary/aromatic N) is 3. The summed E-state index contributed by atoms with van der Waals surface area (Å²) in [7, 11) is 3.89. The molecule has 86 valence electrons. The fourth-order valence-electron chi connectivity index (χ4n) is 1.56. The molecule has 0 fully saturated rings. The maximum Gasteiger partial charge on any atom is 0.127 e. The highest BCUT2D eigenvalue weighted by Crippen LogP contribution is 2.29. The van der Waals surface area contributed by atoms with Gasteiger partial charge in [0.1, 0.15) is 5.01 Å². The van der Waals surface area contributed by atoms with Gasteiger partial charge in [0, 0.05) is 30.4 Å². The van der Waals surface area contributed by atoms with Crippen LogP contribution in [0.2, 0.25) is 0 Å². The van der Waals surface area contributed by atoms with Crippen LogP contribution < -0.4 is 5.32 Å². The van der Waals surface area contributed by atoms with Crippen molar-refractivity contribution < 1.29 is 0 Å². The van der Waals surface area contributed by atoms with E-state index in [-0.39, 0.29) is 0 Å². The van der Waals surface area contributed by atoms with E-state index in [4.69, 9.17) is 0 Å². The zero-order valence-corrected chi connectivity index (χ0v) is 10.8. The van der Waals surface area contributed by atoms with Crippen LogP contribution in [0.5, 0.6) is 0 Å². The lowest BCUT2D eigenvalue weighted by atomic mass is 10.3. The molecule has 0 amide bonds. The number of nitrogens with one attached hydrogen (secondary N) is 1. The monoisotopic (exact) mass is 236 g/mol. The Morgan fingerprint density at radius 1 is 1.50 bits per heavy atom. The first-order valence-electron chi connectivity index (χ1n) is 5.25. The molecule has 0 radical (unpaired) electrons. The van der Waals surface area contributed by atoms with Crippen LogP contribution in [0.25, 0.3) is 10.6 Å². The first kappa shape index (κ1) is 11.3. The van der Waals surface area contributed by atoms with Crippen LogP contribution in [-0.4, -0.2) is 21.8 Å². The van der Waals surface area contributed by atoms with Gasteiger partial charge in [0.25, 0.3) is 0 Å². The van der Waals surface area contributed by atoms with Gasteiger partial charge < -0.3 is 5.32 Å². The topological polar surface area (TPSA) is 42.7 Å². The minimum atomic E-state index is 0.350. The predicted molar refractivity (Wildman–Crippen MR) is 66.5 cm³/mol. The Bertz CT molecular complexity index is 486. The number of rotatable bonds is 3. The quantitative estimate of drug-likeness (QED) is 0.887. The van der Waals surface area contributed by atoms with Crippen LogP contribution in [0.1, 0.15) is 23.5 Å². The molecule has 1 N–H and O–H groups in total. The normalized spacial score (nSPS) is 13.0. The summed E-state index contributed by atoms with van der Waals surface area (Å²) in [5, 5.41) is 8.59. The van der Waals surface area contributed by atoms with Crippen molar-refractivity contribution in [3.05, 3.63) is 23.0 Å². The maximum atomic E-state index is 4.45. The number of aryl methyl sites for hydroxylation is 2. The molecule has 4 nitrogen and oxygen atoms in total. The summed E-state index contributed by atoms with van der Waals surface area (Å²) in [6, 6.07) is 0.350. The van der Waals surface area contributed by atoms with Crippen molar-refractivity contribution in [3.63, 3.8) is 0 Å². The van der Waals surface area contributed by atoms with E-state index in [0.29, 0.717) is 6.04 Å². The molecule has 0 saturated carbocycles. The van der Waals surface area contributed by atoms with E-state index in [9.17, 15) is 0 Å². The van der Waals surface area contributed by atoms with Gasteiger partial charge in [-0.3, -0.25) is 4.68 Å². The van der Waals surface area contributed by atoms with Crippen molar-refractivity contribution >= 4 is 11.3 Å². The molecular formula is C11H16N4S. The molecule has 2 aromatic rings. The molecule has 0 aliphatic rings. The van der Waals surface area contributed by atoms with Crippen molar-refractivity contribution in [2.45, 2.75) is 19.9 Å². The summed E-state index contributed by atoms with van der Waals surface area (Å²) < 4.78 is 1.83. The molecular weight excluding hydrogens is 220 g/mol.